The van der Waals surface area contributed by atoms with Gasteiger partial charge in [-0.1, -0.05) is 23.2 Å². The second kappa shape index (κ2) is 5.80. The van der Waals surface area contributed by atoms with Crippen molar-refractivity contribution in [2.75, 3.05) is 20.2 Å². The molecule has 1 saturated heterocycles. The van der Waals surface area contributed by atoms with Crippen molar-refractivity contribution < 1.29 is 14.3 Å². The summed E-state index contributed by atoms with van der Waals surface area (Å²) in [5, 5.41) is 0.800. The molecule has 0 N–H and O–H groups in total. The van der Waals surface area contributed by atoms with E-state index in [4.69, 9.17) is 23.2 Å². The van der Waals surface area contributed by atoms with Gasteiger partial charge >= 0.3 is 5.97 Å². The summed E-state index contributed by atoms with van der Waals surface area (Å²) in [5.74, 6) is -0.717. The Morgan fingerprint density at radius 2 is 2.11 bits per heavy atom. The highest BCUT2D eigenvalue weighted by atomic mass is 35.5. The van der Waals surface area contributed by atoms with Crippen LogP contribution in [0.15, 0.2) is 18.2 Å². The number of ether oxygens (including phenoxy) is 1. The maximum atomic E-state index is 12.3. The van der Waals surface area contributed by atoms with Gasteiger partial charge in [-0.3, -0.25) is 9.59 Å². The van der Waals surface area contributed by atoms with Crippen molar-refractivity contribution in [3.63, 3.8) is 0 Å². The summed E-state index contributed by atoms with van der Waals surface area (Å²) in [6, 6.07) is 4.75. The number of nitrogens with zero attached hydrogens (tertiary/aromatic N) is 1. The van der Waals surface area contributed by atoms with E-state index in [1.54, 1.807) is 17.0 Å². The number of hydrogen-bond donors (Lipinski definition) is 0. The number of methoxy groups -OCH3 is 1. The monoisotopic (exact) mass is 301 g/mol. The van der Waals surface area contributed by atoms with Gasteiger partial charge in [-0.25, -0.2) is 0 Å². The summed E-state index contributed by atoms with van der Waals surface area (Å²) in [4.78, 5) is 25.3. The van der Waals surface area contributed by atoms with Gasteiger partial charge in [0.15, 0.2) is 0 Å². The third kappa shape index (κ3) is 3.01. The molecule has 1 heterocycles. The Morgan fingerprint density at radius 1 is 1.37 bits per heavy atom. The molecular formula is C13H13Cl2NO3. The molecule has 1 aromatic rings. The highest BCUT2D eigenvalue weighted by Crippen LogP contribution is 2.25. The lowest BCUT2D eigenvalue weighted by Crippen LogP contribution is -2.30. The van der Waals surface area contributed by atoms with Gasteiger partial charge in [0.1, 0.15) is 0 Å². The first-order valence-electron chi connectivity index (χ1n) is 5.85. The first-order chi connectivity index (χ1) is 9.02. The zero-order chi connectivity index (χ0) is 14.0. The maximum absolute atomic E-state index is 12.3. The minimum absolute atomic E-state index is 0.187. The first kappa shape index (κ1) is 14.2. The third-order valence-corrected chi connectivity index (χ3v) is 3.72. The van der Waals surface area contributed by atoms with Crippen molar-refractivity contribution in [3.05, 3.63) is 33.8 Å². The molecule has 0 bridgehead atoms. The number of benzene rings is 1. The predicted molar refractivity (Wildman–Crippen MR) is 72.5 cm³/mol. The van der Waals surface area contributed by atoms with Crippen LogP contribution in [0.2, 0.25) is 10.0 Å². The number of carbonyl (C=O) groups is 2. The van der Waals surface area contributed by atoms with Crippen LogP contribution in [0.4, 0.5) is 0 Å². The van der Waals surface area contributed by atoms with Gasteiger partial charge in [0.25, 0.3) is 5.91 Å². The van der Waals surface area contributed by atoms with Crippen molar-refractivity contribution in [1.29, 1.82) is 0 Å². The molecule has 1 amide bonds. The Labute approximate surface area is 121 Å². The Hall–Kier alpha value is -1.26. The molecule has 4 nitrogen and oxygen atoms in total. The fraction of sp³-hybridized carbons (Fsp3) is 0.385. The van der Waals surface area contributed by atoms with Crippen LogP contribution in [-0.2, 0) is 9.53 Å². The van der Waals surface area contributed by atoms with Gasteiger partial charge in [0.05, 0.1) is 23.6 Å². The summed E-state index contributed by atoms with van der Waals surface area (Å²) >= 11 is 11.8. The lowest BCUT2D eigenvalue weighted by atomic mass is 10.1. The molecule has 0 aromatic heterocycles. The molecule has 1 aliphatic rings. The summed E-state index contributed by atoms with van der Waals surface area (Å²) in [6.45, 7) is 0.891. The fourth-order valence-electron chi connectivity index (χ4n) is 2.14. The molecule has 2 rings (SSSR count). The lowest BCUT2D eigenvalue weighted by Gasteiger charge is -2.17. The summed E-state index contributed by atoms with van der Waals surface area (Å²) in [6.07, 6.45) is 0.615. The van der Waals surface area contributed by atoms with Crippen LogP contribution in [0.3, 0.4) is 0 Å². The molecule has 1 fully saturated rings. The van der Waals surface area contributed by atoms with Gasteiger partial charge in [-0.05, 0) is 24.6 Å². The van der Waals surface area contributed by atoms with E-state index >= 15 is 0 Å². The van der Waals surface area contributed by atoms with E-state index in [1.165, 1.54) is 13.2 Å². The summed E-state index contributed by atoms with van der Waals surface area (Å²) in [7, 11) is 1.35. The zero-order valence-electron chi connectivity index (χ0n) is 10.4. The number of hydrogen-bond acceptors (Lipinski definition) is 3. The van der Waals surface area contributed by atoms with E-state index in [9.17, 15) is 9.59 Å². The molecule has 1 aromatic carbocycles. The average molecular weight is 302 g/mol. The highest BCUT2D eigenvalue weighted by molar-refractivity contribution is 6.36. The van der Waals surface area contributed by atoms with Crippen molar-refractivity contribution in [2.45, 2.75) is 6.42 Å². The topological polar surface area (TPSA) is 46.6 Å². The maximum Gasteiger partial charge on any atom is 0.310 e. The Bertz CT molecular complexity index is 519. The minimum Gasteiger partial charge on any atom is -0.469 e. The summed E-state index contributed by atoms with van der Waals surface area (Å²) in [5.41, 5.74) is 0.400. The van der Waals surface area contributed by atoms with Crippen LogP contribution in [0.1, 0.15) is 16.8 Å². The smallest absolute Gasteiger partial charge is 0.310 e. The normalized spacial score (nSPS) is 18.5. The van der Waals surface area contributed by atoms with Gasteiger partial charge in [-0.2, -0.15) is 0 Å². The average Bonchev–Trinajstić information content (AvgIpc) is 2.86. The third-order valence-electron chi connectivity index (χ3n) is 3.17. The van der Waals surface area contributed by atoms with E-state index < -0.39 is 0 Å². The Kier molecular flexibility index (Phi) is 4.32. The Balaban J connectivity index is 2.11. The minimum atomic E-state index is -0.280. The quantitative estimate of drug-likeness (QED) is 0.789. The predicted octanol–water partition coefficient (Wildman–Crippen LogP) is 2.63. The first-order valence-corrected chi connectivity index (χ1v) is 6.60. The van der Waals surface area contributed by atoms with Crippen LogP contribution in [-0.4, -0.2) is 37.0 Å². The SMILES string of the molecule is COC(=O)C1CCN(C(=O)c2ccc(Cl)cc2Cl)C1. The highest BCUT2D eigenvalue weighted by Gasteiger charge is 2.32. The molecule has 102 valence electrons. The molecule has 19 heavy (non-hydrogen) atoms. The van der Waals surface area contributed by atoms with Crippen LogP contribution in [0.5, 0.6) is 0 Å². The molecule has 1 unspecified atom stereocenters. The second-order valence-electron chi connectivity index (χ2n) is 4.38. The van der Waals surface area contributed by atoms with Crippen LogP contribution >= 0.6 is 23.2 Å². The van der Waals surface area contributed by atoms with E-state index in [0.717, 1.165) is 0 Å². The van der Waals surface area contributed by atoms with Gasteiger partial charge in [-0.15, -0.1) is 0 Å². The number of esters is 1. The number of carbonyl (C=O) groups excluding carboxylic acids is 2. The van der Waals surface area contributed by atoms with E-state index in [0.29, 0.717) is 35.1 Å². The molecule has 0 aliphatic carbocycles. The van der Waals surface area contributed by atoms with Crippen molar-refractivity contribution in [3.8, 4) is 0 Å². The number of rotatable bonds is 2. The standard InChI is InChI=1S/C13H13Cl2NO3/c1-19-13(18)8-4-5-16(7-8)12(17)10-3-2-9(14)6-11(10)15/h2-3,6,8H,4-5,7H2,1H3. The zero-order valence-corrected chi connectivity index (χ0v) is 11.9. The fourth-order valence-corrected chi connectivity index (χ4v) is 2.63. The van der Waals surface area contributed by atoms with Gasteiger partial charge < -0.3 is 9.64 Å². The number of likely N-dealkylation sites (tertiary alicyclic amines) is 1. The molecular weight excluding hydrogens is 289 g/mol. The van der Waals surface area contributed by atoms with Crippen LogP contribution < -0.4 is 0 Å². The molecule has 0 spiro atoms. The van der Waals surface area contributed by atoms with E-state index in [1.807, 2.05) is 0 Å². The van der Waals surface area contributed by atoms with Gasteiger partial charge in [0.2, 0.25) is 0 Å². The molecule has 6 heteroatoms. The molecule has 1 aliphatic heterocycles. The lowest BCUT2D eigenvalue weighted by molar-refractivity contribution is -0.144. The van der Waals surface area contributed by atoms with Crippen molar-refractivity contribution in [2.24, 2.45) is 5.92 Å². The molecule has 1 atom stereocenters. The van der Waals surface area contributed by atoms with Crippen LogP contribution in [0, 0.1) is 5.92 Å². The number of amides is 1. The second-order valence-corrected chi connectivity index (χ2v) is 5.23. The Morgan fingerprint density at radius 3 is 2.74 bits per heavy atom. The van der Waals surface area contributed by atoms with Crippen LogP contribution in [0.25, 0.3) is 0 Å². The number of halogens is 2. The van der Waals surface area contributed by atoms with Crippen molar-refractivity contribution >= 4 is 35.1 Å². The van der Waals surface area contributed by atoms with E-state index in [2.05, 4.69) is 4.74 Å². The molecule has 0 saturated carbocycles. The summed E-state index contributed by atoms with van der Waals surface area (Å²) < 4.78 is 4.69. The van der Waals surface area contributed by atoms with Crippen molar-refractivity contribution in [1.82, 2.24) is 4.90 Å². The van der Waals surface area contributed by atoms with E-state index in [-0.39, 0.29) is 17.8 Å². The largest absolute Gasteiger partial charge is 0.469 e. The molecule has 0 radical (unpaired) electrons. The van der Waals surface area contributed by atoms with Gasteiger partial charge in [0, 0.05) is 18.1 Å².